The molecule has 0 amide bonds. The predicted octanol–water partition coefficient (Wildman–Crippen LogP) is 5.86. The second-order valence-corrected chi connectivity index (χ2v) is 8.14. The highest BCUT2D eigenvalue weighted by atomic mass is 35.5. The minimum absolute atomic E-state index is 0.0582. The van der Waals surface area contributed by atoms with Gasteiger partial charge in [-0.3, -0.25) is 4.79 Å². The van der Waals surface area contributed by atoms with E-state index >= 15 is 0 Å². The molecule has 2 heterocycles. The molecule has 2 aromatic carbocycles. The van der Waals surface area contributed by atoms with Gasteiger partial charge in [0.2, 0.25) is 0 Å². The average molecular weight is 390 g/mol. The van der Waals surface area contributed by atoms with Crippen molar-refractivity contribution in [1.82, 2.24) is 4.57 Å². The minimum Gasteiger partial charge on any atom is -0.481 e. The number of benzene rings is 2. The Morgan fingerprint density at radius 3 is 2.77 bits per heavy atom. The highest BCUT2D eigenvalue weighted by molar-refractivity contribution is 7.99. The molecule has 3 nitrogen and oxygen atoms in total. The predicted molar refractivity (Wildman–Crippen MR) is 102 cm³/mol. The molecule has 134 valence electrons. The molecule has 1 aliphatic rings. The standard InChI is InChI=1S/C20H17ClFNO2S/c1-11-8-14(22)10-16-18(11)20(26-15-4-2-13(21)3-5-15)19-12(9-17(24)25)6-7-23(16)19/h2-5,8,10,12H,6-7,9H2,1H3,(H,24,25). The molecule has 0 spiro atoms. The monoisotopic (exact) mass is 389 g/mol. The van der Waals surface area contributed by atoms with Gasteiger partial charge in [0, 0.05) is 38.4 Å². The molecule has 0 bridgehead atoms. The molecule has 0 saturated carbocycles. The Labute approximate surface area is 159 Å². The quantitative estimate of drug-likeness (QED) is 0.608. The van der Waals surface area contributed by atoms with Gasteiger partial charge in [0.05, 0.1) is 11.9 Å². The number of carboxylic acids is 1. The van der Waals surface area contributed by atoms with Gasteiger partial charge in [-0.2, -0.15) is 0 Å². The van der Waals surface area contributed by atoms with Crippen LogP contribution in [0.1, 0.15) is 30.0 Å². The first kappa shape index (κ1) is 17.4. The van der Waals surface area contributed by atoms with Crippen LogP contribution in [0.2, 0.25) is 5.02 Å². The van der Waals surface area contributed by atoms with Crippen LogP contribution in [0.4, 0.5) is 4.39 Å². The van der Waals surface area contributed by atoms with Crippen LogP contribution >= 0.6 is 23.4 Å². The Bertz CT molecular complexity index is 1010. The van der Waals surface area contributed by atoms with E-state index in [9.17, 15) is 14.3 Å². The molecule has 1 N–H and O–H groups in total. The van der Waals surface area contributed by atoms with Crippen molar-refractivity contribution in [1.29, 1.82) is 0 Å². The van der Waals surface area contributed by atoms with E-state index in [0.29, 0.717) is 11.6 Å². The van der Waals surface area contributed by atoms with Crippen molar-refractivity contribution in [3.8, 4) is 0 Å². The van der Waals surface area contributed by atoms with Crippen LogP contribution in [-0.4, -0.2) is 15.6 Å². The largest absolute Gasteiger partial charge is 0.481 e. The Hall–Kier alpha value is -1.98. The molecule has 1 aromatic heterocycles. The molecule has 1 atom stereocenters. The van der Waals surface area contributed by atoms with Gasteiger partial charge in [0.25, 0.3) is 0 Å². The van der Waals surface area contributed by atoms with E-state index in [2.05, 4.69) is 4.57 Å². The summed E-state index contributed by atoms with van der Waals surface area (Å²) in [7, 11) is 0. The van der Waals surface area contributed by atoms with Crippen LogP contribution in [0.3, 0.4) is 0 Å². The number of aromatic nitrogens is 1. The molecule has 4 rings (SSSR count). The zero-order valence-corrected chi connectivity index (χ0v) is 15.7. The first-order valence-corrected chi connectivity index (χ1v) is 9.61. The summed E-state index contributed by atoms with van der Waals surface area (Å²) in [5, 5.41) is 11.0. The smallest absolute Gasteiger partial charge is 0.304 e. The average Bonchev–Trinajstić information content (AvgIpc) is 3.09. The summed E-state index contributed by atoms with van der Waals surface area (Å²) in [4.78, 5) is 13.4. The van der Waals surface area contributed by atoms with E-state index < -0.39 is 5.97 Å². The zero-order chi connectivity index (χ0) is 18.4. The van der Waals surface area contributed by atoms with Crippen LogP contribution < -0.4 is 0 Å². The Morgan fingerprint density at radius 2 is 2.08 bits per heavy atom. The molecule has 1 unspecified atom stereocenters. The number of fused-ring (bicyclic) bond motifs is 3. The number of hydrogen-bond donors (Lipinski definition) is 1. The van der Waals surface area contributed by atoms with Crippen LogP contribution in [-0.2, 0) is 11.3 Å². The molecule has 0 saturated heterocycles. The Morgan fingerprint density at radius 1 is 1.35 bits per heavy atom. The van der Waals surface area contributed by atoms with Gasteiger partial charge in [0.15, 0.2) is 0 Å². The number of aryl methyl sites for hydroxylation is 2. The first-order chi connectivity index (χ1) is 12.4. The van der Waals surface area contributed by atoms with Crippen LogP contribution in [0.15, 0.2) is 46.2 Å². The molecule has 0 radical (unpaired) electrons. The molecule has 0 fully saturated rings. The second kappa shape index (κ2) is 6.63. The molecule has 6 heteroatoms. The number of nitrogens with zero attached hydrogens (tertiary/aromatic N) is 1. The SMILES string of the molecule is Cc1cc(F)cc2c1c(Sc1ccc(Cl)cc1)c1n2CCC1CC(=O)O. The van der Waals surface area contributed by atoms with E-state index in [0.717, 1.165) is 38.4 Å². The van der Waals surface area contributed by atoms with Crippen molar-refractivity contribution in [3.63, 3.8) is 0 Å². The zero-order valence-electron chi connectivity index (χ0n) is 14.1. The number of carbonyl (C=O) groups is 1. The topological polar surface area (TPSA) is 42.2 Å². The third-order valence-electron chi connectivity index (χ3n) is 4.86. The normalized spacial score (nSPS) is 16.2. The number of aliphatic carboxylic acids is 1. The van der Waals surface area contributed by atoms with Crippen molar-refractivity contribution in [2.75, 3.05) is 0 Å². The van der Waals surface area contributed by atoms with Gasteiger partial charge in [-0.05, 0) is 55.3 Å². The van der Waals surface area contributed by atoms with Crippen LogP contribution in [0.25, 0.3) is 10.9 Å². The maximum Gasteiger partial charge on any atom is 0.304 e. The highest BCUT2D eigenvalue weighted by Gasteiger charge is 2.32. The number of hydrogen-bond acceptors (Lipinski definition) is 2. The van der Waals surface area contributed by atoms with Gasteiger partial charge < -0.3 is 9.67 Å². The summed E-state index contributed by atoms with van der Waals surface area (Å²) < 4.78 is 16.1. The van der Waals surface area contributed by atoms with Crippen molar-refractivity contribution in [2.45, 2.75) is 42.0 Å². The van der Waals surface area contributed by atoms with E-state index in [1.165, 1.54) is 6.07 Å². The molecular weight excluding hydrogens is 373 g/mol. The maximum atomic E-state index is 14.0. The van der Waals surface area contributed by atoms with Crippen LogP contribution in [0.5, 0.6) is 0 Å². The van der Waals surface area contributed by atoms with Crippen molar-refractivity contribution >= 4 is 40.2 Å². The number of carboxylic acid groups (broad SMARTS) is 1. The summed E-state index contributed by atoms with van der Waals surface area (Å²) >= 11 is 7.58. The lowest BCUT2D eigenvalue weighted by Gasteiger charge is -2.11. The first-order valence-electron chi connectivity index (χ1n) is 8.41. The summed E-state index contributed by atoms with van der Waals surface area (Å²) in [6.45, 7) is 2.62. The van der Waals surface area contributed by atoms with Crippen molar-refractivity contribution < 1.29 is 14.3 Å². The third kappa shape index (κ3) is 2.99. The second-order valence-electron chi connectivity index (χ2n) is 6.62. The fourth-order valence-electron chi connectivity index (χ4n) is 3.82. The lowest BCUT2D eigenvalue weighted by molar-refractivity contribution is -0.137. The summed E-state index contributed by atoms with van der Waals surface area (Å²) in [5.41, 5.74) is 2.73. The summed E-state index contributed by atoms with van der Waals surface area (Å²) in [6.07, 6.45) is 0.855. The van der Waals surface area contributed by atoms with Crippen molar-refractivity contribution in [2.24, 2.45) is 0 Å². The van der Waals surface area contributed by atoms with Gasteiger partial charge in [0.1, 0.15) is 5.82 Å². The fraction of sp³-hybridized carbons (Fsp3) is 0.250. The Kier molecular flexibility index (Phi) is 4.45. The van der Waals surface area contributed by atoms with Crippen LogP contribution in [0, 0.1) is 12.7 Å². The number of rotatable bonds is 4. The number of halogens is 2. The highest BCUT2D eigenvalue weighted by Crippen LogP contribution is 2.47. The minimum atomic E-state index is -0.806. The van der Waals surface area contributed by atoms with Gasteiger partial charge in [-0.15, -0.1) is 0 Å². The molecule has 1 aliphatic heterocycles. The maximum absolute atomic E-state index is 14.0. The summed E-state index contributed by atoms with van der Waals surface area (Å²) in [5.74, 6) is -1.13. The lowest BCUT2D eigenvalue weighted by Crippen LogP contribution is -2.04. The molecular formula is C20H17ClFNO2S. The van der Waals surface area contributed by atoms with E-state index in [4.69, 9.17) is 11.6 Å². The van der Waals surface area contributed by atoms with E-state index in [1.54, 1.807) is 17.8 Å². The molecule has 3 aromatic rings. The van der Waals surface area contributed by atoms with Gasteiger partial charge >= 0.3 is 5.97 Å². The molecule has 0 aliphatic carbocycles. The van der Waals surface area contributed by atoms with Gasteiger partial charge in [-0.1, -0.05) is 23.4 Å². The fourth-order valence-corrected chi connectivity index (χ4v) is 5.20. The van der Waals surface area contributed by atoms with E-state index in [-0.39, 0.29) is 18.2 Å². The molecule has 26 heavy (non-hydrogen) atoms. The van der Waals surface area contributed by atoms with Gasteiger partial charge in [-0.25, -0.2) is 4.39 Å². The Balaban J connectivity index is 1.91. The lowest BCUT2D eigenvalue weighted by atomic mass is 9.99. The van der Waals surface area contributed by atoms with Crippen molar-refractivity contribution in [3.05, 3.63) is 58.5 Å². The third-order valence-corrected chi connectivity index (χ3v) is 6.24. The van der Waals surface area contributed by atoms with E-state index in [1.807, 2.05) is 31.2 Å². The summed E-state index contributed by atoms with van der Waals surface area (Å²) in [6, 6.07) is 10.7.